The first-order valence-corrected chi connectivity index (χ1v) is 5.75. The quantitative estimate of drug-likeness (QED) is 0.707. The largest absolute Gasteiger partial charge is 0.303 e. The zero-order chi connectivity index (χ0) is 11.8. The number of carbonyl (C=O) groups is 2. The van der Waals surface area contributed by atoms with Crippen molar-refractivity contribution in [3.05, 3.63) is 11.8 Å². The van der Waals surface area contributed by atoms with Crippen LogP contribution in [0.4, 0.5) is 0 Å². The molecule has 0 aromatic heterocycles. The number of nitrogens with one attached hydrogen (secondary N) is 2. The van der Waals surface area contributed by atoms with E-state index in [9.17, 15) is 9.59 Å². The Hall–Kier alpha value is -1.32. The van der Waals surface area contributed by atoms with Crippen LogP contribution in [0, 0.1) is 11.3 Å². The number of hydrazine groups is 1. The molecule has 2 N–H and O–H groups in total. The molecule has 16 heavy (non-hydrogen) atoms. The van der Waals surface area contributed by atoms with Crippen molar-refractivity contribution in [2.45, 2.75) is 39.5 Å². The lowest BCUT2D eigenvalue weighted by Crippen LogP contribution is -2.40. The van der Waals surface area contributed by atoms with Gasteiger partial charge in [0.15, 0.2) is 5.78 Å². The molecular weight excluding hydrogens is 204 g/mol. The van der Waals surface area contributed by atoms with Gasteiger partial charge in [-0.3, -0.25) is 15.0 Å². The van der Waals surface area contributed by atoms with E-state index in [1.165, 1.54) is 0 Å². The highest BCUT2D eigenvalue weighted by molar-refractivity contribution is 5.91. The van der Waals surface area contributed by atoms with Gasteiger partial charge in [0.1, 0.15) is 0 Å². The van der Waals surface area contributed by atoms with Crippen LogP contribution in [0.5, 0.6) is 0 Å². The number of amides is 1. The van der Waals surface area contributed by atoms with Gasteiger partial charge in [-0.25, -0.2) is 0 Å². The van der Waals surface area contributed by atoms with Crippen molar-refractivity contribution >= 4 is 11.7 Å². The lowest BCUT2D eigenvalue weighted by atomic mass is 9.79. The molecule has 0 radical (unpaired) electrons. The zero-order valence-corrected chi connectivity index (χ0v) is 9.80. The first-order chi connectivity index (χ1) is 7.46. The van der Waals surface area contributed by atoms with E-state index in [2.05, 4.69) is 24.7 Å². The standard InChI is InChI=1S/C12H18N2O2/c1-12(2)6-9(5-10(15)7-12)13-14-11(16)8-3-4-8/h5,8,13H,3-4,6-7H2,1-2H3,(H,14,16). The highest BCUT2D eigenvalue weighted by Crippen LogP contribution is 2.32. The number of hydrogen-bond donors (Lipinski definition) is 2. The van der Waals surface area contributed by atoms with Crippen LogP contribution in [-0.4, -0.2) is 11.7 Å². The fourth-order valence-electron chi connectivity index (χ4n) is 2.02. The van der Waals surface area contributed by atoms with E-state index in [1.807, 2.05) is 0 Å². The predicted octanol–water partition coefficient (Wildman–Crippen LogP) is 1.29. The van der Waals surface area contributed by atoms with E-state index < -0.39 is 0 Å². The number of hydrogen-bond acceptors (Lipinski definition) is 3. The van der Waals surface area contributed by atoms with Gasteiger partial charge in [0, 0.05) is 24.1 Å². The van der Waals surface area contributed by atoms with Crippen LogP contribution in [-0.2, 0) is 9.59 Å². The minimum absolute atomic E-state index is 0.0154. The Kier molecular flexibility index (Phi) is 2.74. The van der Waals surface area contributed by atoms with Crippen LogP contribution in [0.3, 0.4) is 0 Å². The highest BCUT2D eigenvalue weighted by Gasteiger charge is 2.31. The van der Waals surface area contributed by atoms with Crippen molar-refractivity contribution in [1.82, 2.24) is 10.9 Å². The molecule has 2 aliphatic carbocycles. The number of rotatable bonds is 3. The van der Waals surface area contributed by atoms with E-state index in [0.29, 0.717) is 6.42 Å². The lowest BCUT2D eigenvalue weighted by molar-refractivity contribution is -0.123. The average molecular weight is 222 g/mol. The molecule has 0 aromatic rings. The number of allylic oxidation sites excluding steroid dienone is 2. The Morgan fingerprint density at radius 3 is 2.62 bits per heavy atom. The Morgan fingerprint density at radius 1 is 1.38 bits per heavy atom. The van der Waals surface area contributed by atoms with Gasteiger partial charge in [0.05, 0.1) is 0 Å². The minimum Gasteiger partial charge on any atom is -0.303 e. The topological polar surface area (TPSA) is 58.2 Å². The van der Waals surface area contributed by atoms with Crippen molar-refractivity contribution in [3.8, 4) is 0 Å². The summed E-state index contributed by atoms with van der Waals surface area (Å²) in [6.07, 6.45) is 4.94. The first kappa shape index (κ1) is 11.2. The lowest BCUT2D eigenvalue weighted by Gasteiger charge is -2.29. The molecule has 2 rings (SSSR count). The summed E-state index contributed by atoms with van der Waals surface area (Å²) in [5.41, 5.74) is 6.33. The van der Waals surface area contributed by atoms with E-state index in [1.54, 1.807) is 6.08 Å². The maximum Gasteiger partial charge on any atom is 0.241 e. The Balaban J connectivity index is 1.88. The Bertz CT molecular complexity index is 354. The summed E-state index contributed by atoms with van der Waals surface area (Å²) in [4.78, 5) is 22.9. The van der Waals surface area contributed by atoms with Gasteiger partial charge >= 0.3 is 0 Å². The van der Waals surface area contributed by atoms with Crippen LogP contribution < -0.4 is 10.9 Å². The molecule has 0 aromatic carbocycles. The number of ketones is 1. The van der Waals surface area contributed by atoms with E-state index >= 15 is 0 Å². The maximum absolute atomic E-state index is 11.5. The third-order valence-electron chi connectivity index (χ3n) is 2.95. The van der Waals surface area contributed by atoms with Crippen molar-refractivity contribution < 1.29 is 9.59 Å². The molecular formula is C12H18N2O2. The van der Waals surface area contributed by atoms with Gasteiger partial charge in [-0.1, -0.05) is 13.8 Å². The second-order valence-electron chi connectivity index (χ2n) is 5.54. The molecule has 1 saturated carbocycles. The van der Waals surface area contributed by atoms with Crippen LogP contribution in [0.2, 0.25) is 0 Å². The molecule has 0 spiro atoms. The van der Waals surface area contributed by atoms with Crippen molar-refractivity contribution in [2.24, 2.45) is 11.3 Å². The molecule has 0 bridgehead atoms. The third kappa shape index (κ3) is 2.84. The highest BCUT2D eigenvalue weighted by atomic mass is 16.2. The van der Waals surface area contributed by atoms with Crippen LogP contribution >= 0.6 is 0 Å². The van der Waals surface area contributed by atoms with Crippen LogP contribution in [0.1, 0.15) is 39.5 Å². The zero-order valence-electron chi connectivity index (χ0n) is 9.80. The molecule has 4 heteroatoms. The summed E-state index contributed by atoms with van der Waals surface area (Å²) >= 11 is 0. The fourth-order valence-corrected chi connectivity index (χ4v) is 2.02. The number of carbonyl (C=O) groups excluding carboxylic acids is 2. The molecule has 4 nitrogen and oxygen atoms in total. The predicted molar refractivity (Wildman–Crippen MR) is 60.1 cm³/mol. The molecule has 1 fully saturated rings. The van der Waals surface area contributed by atoms with E-state index in [4.69, 9.17) is 0 Å². The SMILES string of the molecule is CC1(C)CC(=O)C=C(NNC(=O)C2CC2)C1. The van der Waals surface area contributed by atoms with Gasteiger partial charge in [0.2, 0.25) is 5.91 Å². The van der Waals surface area contributed by atoms with Crippen LogP contribution in [0.25, 0.3) is 0 Å². The molecule has 0 unspecified atom stereocenters. The molecule has 2 aliphatic rings. The van der Waals surface area contributed by atoms with Gasteiger partial charge in [-0.15, -0.1) is 0 Å². The summed E-state index contributed by atoms with van der Waals surface area (Å²) in [6, 6.07) is 0. The summed E-state index contributed by atoms with van der Waals surface area (Å²) < 4.78 is 0. The Morgan fingerprint density at radius 2 is 2.06 bits per heavy atom. The smallest absolute Gasteiger partial charge is 0.241 e. The average Bonchev–Trinajstić information content (AvgIpc) is 2.93. The monoisotopic (exact) mass is 222 g/mol. The van der Waals surface area contributed by atoms with Crippen LogP contribution in [0.15, 0.2) is 11.8 Å². The summed E-state index contributed by atoms with van der Waals surface area (Å²) in [5, 5.41) is 0. The molecule has 0 atom stereocenters. The van der Waals surface area contributed by atoms with Gasteiger partial charge < -0.3 is 5.43 Å². The van der Waals surface area contributed by atoms with E-state index in [0.717, 1.165) is 25.0 Å². The molecule has 0 saturated heterocycles. The molecule has 0 aliphatic heterocycles. The summed E-state index contributed by atoms with van der Waals surface area (Å²) in [7, 11) is 0. The van der Waals surface area contributed by atoms with Crippen molar-refractivity contribution in [3.63, 3.8) is 0 Å². The van der Waals surface area contributed by atoms with E-state index in [-0.39, 0.29) is 23.0 Å². The second kappa shape index (κ2) is 3.92. The summed E-state index contributed by atoms with van der Waals surface area (Å²) in [5.74, 6) is 0.344. The molecule has 0 heterocycles. The first-order valence-electron chi connectivity index (χ1n) is 5.75. The van der Waals surface area contributed by atoms with Gasteiger partial charge in [0.25, 0.3) is 0 Å². The second-order valence-corrected chi connectivity index (χ2v) is 5.54. The molecule has 1 amide bonds. The fraction of sp³-hybridized carbons (Fsp3) is 0.667. The minimum atomic E-state index is -0.0154. The third-order valence-corrected chi connectivity index (χ3v) is 2.95. The van der Waals surface area contributed by atoms with Gasteiger partial charge in [-0.05, 0) is 24.7 Å². The van der Waals surface area contributed by atoms with Crippen molar-refractivity contribution in [2.75, 3.05) is 0 Å². The Labute approximate surface area is 95.4 Å². The van der Waals surface area contributed by atoms with Gasteiger partial charge in [-0.2, -0.15) is 0 Å². The summed E-state index contributed by atoms with van der Waals surface area (Å²) in [6.45, 7) is 4.12. The van der Waals surface area contributed by atoms with Crippen molar-refractivity contribution in [1.29, 1.82) is 0 Å². The maximum atomic E-state index is 11.5. The normalized spacial score (nSPS) is 23.6. The molecule has 88 valence electrons.